The molecule has 0 amide bonds. The van der Waals surface area contributed by atoms with E-state index in [1.165, 1.54) is 18.4 Å². The number of hydrogen-bond acceptors (Lipinski definition) is 6. The zero-order valence-electron chi connectivity index (χ0n) is 20.0. The Kier molecular flexibility index (Phi) is 7.55. The first-order valence-electron chi connectivity index (χ1n) is 12.3. The maximum absolute atomic E-state index is 13.0. The van der Waals surface area contributed by atoms with Gasteiger partial charge in [0.05, 0.1) is 17.6 Å². The number of aromatic amines is 1. The Bertz CT molecular complexity index is 1130. The molecular weight excluding hydrogens is 416 g/mol. The van der Waals surface area contributed by atoms with Crippen molar-refractivity contribution >= 4 is 10.9 Å². The maximum atomic E-state index is 13.0. The van der Waals surface area contributed by atoms with Crippen LogP contribution in [0, 0.1) is 13.8 Å². The summed E-state index contributed by atoms with van der Waals surface area (Å²) < 4.78 is 2.02. The molecule has 1 aliphatic carbocycles. The van der Waals surface area contributed by atoms with Gasteiger partial charge in [0.1, 0.15) is 0 Å². The van der Waals surface area contributed by atoms with Gasteiger partial charge in [0.2, 0.25) is 0 Å². The molecule has 1 aliphatic rings. The van der Waals surface area contributed by atoms with E-state index in [4.69, 9.17) is 0 Å². The second-order valence-electron chi connectivity index (χ2n) is 9.44. The van der Waals surface area contributed by atoms with Crippen molar-refractivity contribution < 1.29 is 5.11 Å². The molecule has 2 aromatic heterocycles. The summed E-state index contributed by atoms with van der Waals surface area (Å²) in [6.07, 6.45) is 7.14. The summed E-state index contributed by atoms with van der Waals surface area (Å²) in [6, 6.07) is 6.56. The summed E-state index contributed by atoms with van der Waals surface area (Å²) in [7, 11) is 0. The van der Waals surface area contributed by atoms with Gasteiger partial charge in [0.15, 0.2) is 5.82 Å². The number of tetrazole rings is 1. The van der Waals surface area contributed by atoms with E-state index in [0.29, 0.717) is 25.6 Å². The third-order valence-electron chi connectivity index (χ3n) is 6.84. The lowest BCUT2D eigenvalue weighted by Crippen LogP contribution is -2.34. The molecule has 0 radical (unpaired) electrons. The van der Waals surface area contributed by atoms with Gasteiger partial charge in [0.25, 0.3) is 5.56 Å². The number of nitrogens with one attached hydrogen (secondary N) is 1. The number of rotatable bonds is 10. The molecule has 0 saturated heterocycles. The lowest BCUT2D eigenvalue weighted by Gasteiger charge is -2.31. The molecule has 4 rings (SSSR count). The van der Waals surface area contributed by atoms with E-state index in [0.717, 1.165) is 53.5 Å². The van der Waals surface area contributed by atoms with E-state index in [1.807, 2.05) is 17.7 Å². The number of benzene rings is 1. The van der Waals surface area contributed by atoms with Crippen LogP contribution < -0.4 is 5.56 Å². The minimum atomic E-state index is -0.0610. The van der Waals surface area contributed by atoms with E-state index in [1.54, 1.807) is 0 Å². The van der Waals surface area contributed by atoms with Crippen LogP contribution in [0.25, 0.3) is 10.9 Å². The fraction of sp³-hybridized carbons (Fsp3) is 0.600. The number of aromatic nitrogens is 5. The predicted molar refractivity (Wildman–Crippen MR) is 129 cm³/mol. The van der Waals surface area contributed by atoms with Crippen LogP contribution in [0.15, 0.2) is 23.0 Å². The van der Waals surface area contributed by atoms with Crippen LogP contribution in [0.2, 0.25) is 0 Å². The van der Waals surface area contributed by atoms with Crippen molar-refractivity contribution in [2.45, 2.75) is 84.3 Å². The van der Waals surface area contributed by atoms with Gasteiger partial charge >= 0.3 is 0 Å². The molecule has 33 heavy (non-hydrogen) atoms. The molecule has 1 atom stereocenters. The van der Waals surface area contributed by atoms with Crippen LogP contribution in [-0.2, 0) is 6.54 Å². The Hall–Kier alpha value is -2.58. The molecule has 2 heterocycles. The van der Waals surface area contributed by atoms with Gasteiger partial charge in [-0.05, 0) is 73.0 Å². The lowest BCUT2D eigenvalue weighted by atomic mass is 10.0. The molecule has 178 valence electrons. The minimum absolute atomic E-state index is 0.00788. The first-order valence-corrected chi connectivity index (χ1v) is 12.3. The SMILES string of the molecule is CCCC(c1nnnn1C1CCCC1)N(CCCO)Cc1cc2cc(C)cc(C)c2[nH]c1=O. The number of pyridine rings is 1. The Balaban J connectivity index is 1.70. The molecule has 1 saturated carbocycles. The second-order valence-corrected chi connectivity index (χ2v) is 9.44. The van der Waals surface area contributed by atoms with Crippen LogP contribution >= 0.6 is 0 Å². The van der Waals surface area contributed by atoms with Crippen molar-refractivity contribution in [3.63, 3.8) is 0 Å². The zero-order valence-corrected chi connectivity index (χ0v) is 20.0. The summed E-state index contributed by atoms with van der Waals surface area (Å²) in [5.74, 6) is 0.880. The van der Waals surface area contributed by atoms with Crippen molar-refractivity contribution in [1.82, 2.24) is 30.1 Å². The molecule has 3 aromatic rings. The number of aliphatic hydroxyl groups excluding tert-OH is 1. The molecule has 1 fully saturated rings. The molecule has 1 aromatic carbocycles. The zero-order chi connectivity index (χ0) is 23.4. The van der Waals surface area contributed by atoms with Gasteiger partial charge in [0, 0.05) is 25.3 Å². The molecular formula is C25H36N6O2. The van der Waals surface area contributed by atoms with Crippen molar-refractivity contribution in [3.8, 4) is 0 Å². The van der Waals surface area contributed by atoms with Crippen LogP contribution in [0.3, 0.4) is 0 Å². The first-order chi connectivity index (χ1) is 16.0. The molecule has 1 unspecified atom stereocenters. The molecule has 0 spiro atoms. The third-order valence-corrected chi connectivity index (χ3v) is 6.84. The van der Waals surface area contributed by atoms with Crippen molar-refractivity contribution in [3.05, 3.63) is 51.1 Å². The number of nitrogens with zero attached hydrogens (tertiary/aromatic N) is 5. The van der Waals surface area contributed by atoms with Crippen LogP contribution in [0.5, 0.6) is 0 Å². The van der Waals surface area contributed by atoms with Gasteiger partial charge in [-0.15, -0.1) is 5.10 Å². The molecule has 0 aliphatic heterocycles. The summed E-state index contributed by atoms with van der Waals surface area (Å²) in [4.78, 5) is 18.4. The first kappa shape index (κ1) is 23.6. The van der Waals surface area contributed by atoms with Gasteiger partial charge in [-0.2, -0.15) is 0 Å². The monoisotopic (exact) mass is 452 g/mol. The average Bonchev–Trinajstić information content (AvgIpc) is 3.48. The van der Waals surface area contributed by atoms with E-state index in [-0.39, 0.29) is 18.2 Å². The highest BCUT2D eigenvalue weighted by molar-refractivity contribution is 5.82. The largest absolute Gasteiger partial charge is 0.396 e. The summed E-state index contributed by atoms with van der Waals surface area (Å²) in [6.45, 7) is 7.53. The predicted octanol–water partition coefficient (Wildman–Crippen LogP) is 3.97. The smallest absolute Gasteiger partial charge is 0.252 e. The van der Waals surface area contributed by atoms with Gasteiger partial charge in [-0.1, -0.05) is 37.8 Å². The van der Waals surface area contributed by atoms with Crippen molar-refractivity contribution in [1.29, 1.82) is 0 Å². The average molecular weight is 453 g/mol. The van der Waals surface area contributed by atoms with Crippen LogP contribution in [0.1, 0.15) is 86.5 Å². The number of aryl methyl sites for hydroxylation is 2. The Morgan fingerprint density at radius 2 is 2.03 bits per heavy atom. The van der Waals surface area contributed by atoms with Crippen molar-refractivity contribution in [2.24, 2.45) is 0 Å². The number of fused-ring (bicyclic) bond motifs is 1. The Labute approximate surface area is 195 Å². The van der Waals surface area contributed by atoms with Crippen molar-refractivity contribution in [2.75, 3.05) is 13.2 Å². The minimum Gasteiger partial charge on any atom is -0.396 e. The Morgan fingerprint density at radius 3 is 2.76 bits per heavy atom. The third kappa shape index (κ3) is 5.17. The van der Waals surface area contributed by atoms with Gasteiger partial charge in [-0.25, -0.2) is 4.68 Å². The maximum Gasteiger partial charge on any atom is 0.252 e. The summed E-state index contributed by atoms with van der Waals surface area (Å²) >= 11 is 0. The fourth-order valence-electron chi connectivity index (χ4n) is 5.26. The number of hydrogen-bond donors (Lipinski definition) is 2. The highest BCUT2D eigenvalue weighted by Crippen LogP contribution is 2.33. The van der Waals surface area contributed by atoms with Gasteiger partial charge in [-0.3, -0.25) is 9.69 Å². The highest BCUT2D eigenvalue weighted by Gasteiger charge is 2.30. The fourth-order valence-corrected chi connectivity index (χ4v) is 5.26. The summed E-state index contributed by atoms with van der Waals surface area (Å²) in [5.41, 5.74) is 3.81. The van der Waals surface area contributed by atoms with E-state index >= 15 is 0 Å². The standard InChI is InChI=1S/C25H36N6O2/c1-4-8-22(24-27-28-29-31(24)21-9-5-6-10-21)30(11-7-12-32)16-20-15-19-14-17(2)13-18(3)23(19)26-25(20)33/h13-15,21-22,32H,4-12,16H2,1-3H3,(H,26,33). The molecule has 8 heteroatoms. The van der Waals surface area contributed by atoms with E-state index in [2.05, 4.69) is 51.4 Å². The van der Waals surface area contributed by atoms with E-state index < -0.39 is 0 Å². The highest BCUT2D eigenvalue weighted by atomic mass is 16.3. The summed E-state index contributed by atoms with van der Waals surface area (Å²) in [5, 5.41) is 23.5. The number of H-pyrrole nitrogens is 1. The van der Waals surface area contributed by atoms with Crippen LogP contribution in [-0.4, -0.2) is 48.3 Å². The number of aliphatic hydroxyl groups is 1. The van der Waals surface area contributed by atoms with E-state index in [9.17, 15) is 9.90 Å². The van der Waals surface area contributed by atoms with Gasteiger partial charge < -0.3 is 10.1 Å². The lowest BCUT2D eigenvalue weighted by molar-refractivity contribution is 0.145. The Morgan fingerprint density at radius 1 is 1.24 bits per heavy atom. The molecule has 2 N–H and O–H groups in total. The topological polar surface area (TPSA) is 99.9 Å². The molecule has 8 nitrogen and oxygen atoms in total. The quantitative estimate of drug-likeness (QED) is 0.483. The van der Waals surface area contributed by atoms with Crippen LogP contribution in [0.4, 0.5) is 0 Å². The second kappa shape index (κ2) is 10.6. The normalized spacial score (nSPS) is 15.7. The molecule has 0 bridgehead atoms.